The van der Waals surface area contributed by atoms with Gasteiger partial charge in [0, 0.05) is 20.6 Å². The van der Waals surface area contributed by atoms with Gasteiger partial charge in [0.15, 0.2) is 0 Å². The Morgan fingerprint density at radius 1 is 1.29 bits per heavy atom. The molecule has 0 heterocycles. The van der Waals surface area contributed by atoms with Gasteiger partial charge >= 0.3 is 0 Å². The number of rotatable bonds is 5. The summed E-state index contributed by atoms with van der Waals surface area (Å²) in [5, 5.41) is 4.41. The van der Waals surface area contributed by atoms with Crippen molar-refractivity contribution in [3.8, 4) is 0 Å². The molecule has 0 aliphatic carbocycles. The van der Waals surface area contributed by atoms with E-state index in [0.717, 1.165) is 11.1 Å². The fourth-order valence-corrected chi connectivity index (χ4v) is 2.92. The maximum atomic E-state index is 12.0. The van der Waals surface area contributed by atoms with E-state index in [-0.39, 0.29) is 0 Å². The summed E-state index contributed by atoms with van der Waals surface area (Å²) in [6, 6.07) is 5.43. The van der Waals surface area contributed by atoms with E-state index in [0.29, 0.717) is 11.4 Å². The molecule has 0 spiro atoms. The van der Waals surface area contributed by atoms with Gasteiger partial charge in [-0.15, -0.1) is 4.83 Å². The van der Waals surface area contributed by atoms with Gasteiger partial charge in [0.25, 0.3) is 10.0 Å². The Bertz CT molecular complexity index is 483. The summed E-state index contributed by atoms with van der Waals surface area (Å²) >= 11 is 0. The SMILES string of the molecule is CNCc1ccc(C)c(S(=O)(=O)NN(C)C)c1. The van der Waals surface area contributed by atoms with Gasteiger partial charge in [0.2, 0.25) is 0 Å². The van der Waals surface area contributed by atoms with Gasteiger partial charge in [-0.2, -0.15) is 0 Å². The molecular weight excluding hydrogens is 238 g/mol. The van der Waals surface area contributed by atoms with E-state index in [1.807, 2.05) is 19.2 Å². The lowest BCUT2D eigenvalue weighted by Gasteiger charge is -2.15. The molecule has 0 radical (unpaired) electrons. The minimum Gasteiger partial charge on any atom is -0.316 e. The van der Waals surface area contributed by atoms with E-state index in [9.17, 15) is 8.42 Å². The number of nitrogens with one attached hydrogen (secondary N) is 2. The fourth-order valence-electron chi connectivity index (χ4n) is 1.54. The summed E-state index contributed by atoms with van der Waals surface area (Å²) in [6.07, 6.45) is 0. The van der Waals surface area contributed by atoms with Crippen molar-refractivity contribution in [1.29, 1.82) is 0 Å². The van der Waals surface area contributed by atoms with Crippen LogP contribution in [0, 0.1) is 6.92 Å². The molecule has 17 heavy (non-hydrogen) atoms. The predicted molar refractivity (Wildman–Crippen MR) is 68.0 cm³/mol. The molecule has 0 saturated carbocycles. The first kappa shape index (κ1) is 14.1. The lowest BCUT2D eigenvalue weighted by atomic mass is 10.1. The number of hydrazine groups is 1. The minimum atomic E-state index is -3.48. The average molecular weight is 257 g/mol. The third-order valence-corrected chi connectivity index (χ3v) is 3.85. The molecule has 0 unspecified atom stereocenters. The molecule has 1 aromatic rings. The number of sulfonamides is 1. The van der Waals surface area contributed by atoms with E-state index in [1.54, 1.807) is 27.1 Å². The van der Waals surface area contributed by atoms with Crippen LogP contribution in [0.5, 0.6) is 0 Å². The second kappa shape index (κ2) is 5.59. The van der Waals surface area contributed by atoms with Crippen molar-refractivity contribution in [2.75, 3.05) is 21.1 Å². The first-order valence-corrected chi connectivity index (χ1v) is 6.79. The molecule has 0 bridgehead atoms. The van der Waals surface area contributed by atoms with Gasteiger partial charge in [0.05, 0.1) is 4.90 Å². The van der Waals surface area contributed by atoms with Crippen molar-refractivity contribution in [2.45, 2.75) is 18.4 Å². The summed E-state index contributed by atoms with van der Waals surface area (Å²) in [4.78, 5) is 2.75. The summed E-state index contributed by atoms with van der Waals surface area (Å²) in [5.74, 6) is 0. The smallest absolute Gasteiger partial charge is 0.253 e. The third kappa shape index (κ3) is 3.78. The highest BCUT2D eigenvalue weighted by Crippen LogP contribution is 2.17. The highest BCUT2D eigenvalue weighted by atomic mass is 32.2. The van der Waals surface area contributed by atoms with E-state index in [2.05, 4.69) is 10.1 Å². The van der Waals surface area contributed by atoms with E-state index < -0.39 is 10.0 Å². The minimum absolute atomic E-state index is 0.318. The van der Waals surface area contributed by atoms with Crippen LogP contribution < -0.4 is 10.1 Å². The van der Waals surface area contributed by atoms with Crippen LogP contribution >= 0.6 is 0 Å². The van der Waals surface area contributed by atoms with Crippen LogP contribution in [0.2, 0.25) is 0 Å². The van der Waals surface area contributed by atoms with E-state index in [4.69, 9.17) is 0 Å². The maximum Gasteiger partial charge on any atom is 0.253 e. The Morgan fingerprint density at radius 3 is 2.47 bits per heavy atom. The topological polar surface area (TPSA) is 61.4 Å². The van der Waals surface area contributed by atoms with Gasteiger partial charge in [-0.1, -0.05) is 12.1 Å². The van der Waals surface area contributed by atoms with Crippen LogP contribution in [-0.4, -0.2) is 34.6 Å². The Morgan fingerprint density at radius 2 is 1.94 bits per heavy atom. The van der Waals surface area contributed by atoms with Gasteiger partial charge < -0.3 is 5.32 Å². The number of benzene rings is 1. The maximum absolute atomic E-state index is 12.0. The second-order valence-electron chi connectivity index (χ2n) is 4.12. The normalized spacial score (nSPS) is 12.1. The summed E-state index contributed by atoms with van der Waals surface area (Å²) in [7, 11) is 1.63. The second-order valence-corrected chi connectivity index (χ2v) is 5.75. The Hall–Kier alpha value is -0.950. The first-order valence-electron chi connectivity index (χ1n) is 5.30. The van der Waals surface area contributed by atoms with Crippen LogP contribution in [0.1, 0.15) is 11.1 Å². The van der Waals surface area contributed by atoms with Crippen molar-refractivity contribution in [1.82, 2.24) is 15.2 Å². The number of hydrogen-bond acceptors (Lipinski definition) is 4. The van der Waals surface area contributed by atoms with Gasteiger partial charge in [-0.05, 0) is 31.2 Å². The average Bonchev–Trinajstić information content (AvgIpc) is 2.19. The molecule has 0 saturated heterocycles. The summed E-state index contributed by atoms with van der Waals surface area (Å²) in [5.41, 5.74) is 1.68. The molecular formula is C11H19N3O2S. The van der Waals surface area contributed by atoms with Crippen molar-refractivity contribution in [2.24, 2.45) is 0 Å². The molecule has 0 aliphatic heterocycles. The standard InChI is InChI=1S/C11H19N3O2S/c1-9-5-6-10(8-12-2)7-11(9)17(15,16)13-14(3)4/h5-7,12-13H,8H2,1-4H3. The van der Waals surface area contributed by atoms with Crippen LogP contribution in [0.15, 0.2) is 23.1 Å². The molecule has 0 fully saturated rings. The van der Waals surface area contributed by atoms with Crippen LogP contribution in [0.3, 0.4) is 0 Å². The van der Waals surface area contributed by atoms with Crippen molar-refractivity contribution < 1.29 is 8.42 Å². The van der Waals surface area contributed by atoms with Gasteiger partial charge in [-0.3, -0.25) is 0 Å². The Kier molecular flexibility index (Phi) is 4.64. The zero-order valence-electron chi connectivity index (χ0n) is 10.6. The highest BCUT2D eigenvalue weighted by Gasteiger charge is 2.17. The molecule has 6 heteroatoms. The number of hydrogen-bond donors (Lipinski definition) is 2. The van der Waals surface area contributed by atoms with Crippen LogP contribution in [0.4, 0.5) is 0 Å². The Balaban J connectivity index is 3.16. The summed E-state index contributed by atoms with van der Waals surface area (Å²) < 4.78 is 24.1. The first-order chi connectivity index (χ1) is 7.86. The van der Waals surface area contributed by atoms with E-state index >= 15 is 0 Å². The molecule has 0 aliphatic rings. The number of aryl methyl sites for hydroxylation is 1. The molecule has 0 atom stereocenters. The van der Waals surface area contributed by atoms with Crippen LogP contribution in [-0.2, 0) is 16.6 Å². The summed E-state index contributed by atoms with van der Waals surface area (Å²) in [6.45, 7) is 2.43. The van der Waals surface area contributed by atoms with Crippen molar-refractivity contribution in [3.63, 3.8) is 0 Å². The molecule has 1 rings (SSSR count). The lowest BCUT2D eigenvalue weighted by molar-refractivity contribution is 0.364. The quantitative estimate of drug-likeness (QED) is 0.753. The van der Waals surface area contributed by atoms with Crippen molar-refractivity contribution >= 4 is 10.0 Å². The molecule has 1 aromatic carbocycles. The molecule has 0 amide bonds. The highest BCUT2D eigenvalue weighted by molar-refractivity contribution is 7.89. The number of nitrogens with zero attached hydrogens (tertiary/aromatic N) is 1. The largest absolute Gasteiger partial charge is 0.316 e. The Labute approximate surface area is 103 Å². The van der Waals surface area contributed by atoms with Gasteiger partial charge in [-0.25, -0.2) is 13.4 Å². The lowest BCUT2D eigenvalue weighted by Crippen LogP contribution is -2.36. The molecule has 0 aromatic heterocycles. The zero-order chi connectivity index (χ0) is 13.1. The van der Waals surface area contributed by atoms with Crippen LogP contribution in [0.25, 0.3) is 0 Å². The monoisotopic (exact) mass is 257 g/mol. The van der Waals surface area contributed by atoms with Crippen molar-refractivity contribution in [3.05, 3.63) is 29.3 Å². The zero-order valence-corrected chi connectivity index (χ0v) is 11.4. The fraction of sp³-hybridized carbons (Fsp3) is 0.455. The molecule has 2 N–H and O–H groups in total. The third-order valence-electron chi connectivity index (χ3n) is 2.23. The van der Waals surface area contributed by atoms with Gasteiger partial charge in [0.1, 0.15) is 0 Å². The van der Waals surface area contributed by atoms with E-state index in [1.165, 1.54) is 5.01 Å². The predicted octanol–water partition coefficient (Wildman–Crippen LogP) is 0.469. The molecule has 5 nitrogen and oxygen atoms in total. The molecule has 96 valence electrons.